The summed E-state index contributed by atoms with van der Waals surface area (Å²) in [6.07, 6.45) is 16.0. The van der Waals surface area contributed by atoms with E-state index in [-0.39, 0.29) is 13.3 Å². The van der Waals surface area contributed by atoms with Crippen LogP contribution in [0.15, 0.2) is 96.1 Å². The van der Waals surface area contributed by atoms with Crippen LogP contribution >= 0.6 is 17.0 Å². The summed E-state index contributed by atoms with van der Waals surface area (Å²) in [6.45, 7) is 11.2. The topological polar surface area (TPSA) is 0 Å². The molecule has 7 heteroatoms. The maximum atomic E-state index is 14.6. The van der Waals surface area contributed by atoms with Crippen LogP contribution in [0.2, 0.25) is 12.6 Å². The molecule has 8 rings (SSSR count). The summed E-state index contributed by atoms with van der Waals surface area (Å²) in [5.41, 5.74) is 14.7. The normalized spacial score (nSPS) is 21.8. The Kier molecular flexibility index (Phi) is 14.7. The third-order valence-electron chi connectivity index (χ3n) is 16.5. The quantitative estimate of drug-likeness (QED) is 0.104. The van der Waals surface area contributed by atoms with Crippen molar-refractivity contribution in [1.29, 1.82) is 0 Å². The van der Waals surface area contributed by atoms with Gasteiger partial charge in [-0.3, -0.25) is 0 Å². The molecule has 2 saturated carbocycles. The first-order valence-electron chi connectivity index (χ1n) is 24.7. The molecule has 0 saturated heterocycles. The van der Waals surface area contributed by atoms with E-state index in [2.05, 4.69) is 131 Å². The van der Waals surface area contributed by atoms with Gasteiger partial charge in [0, 0.05) is 0 Å². The molecule has 0 heterocycles. The van der Waals surface area contributed by atoms with E-state index in [0.29, 0.717) is 23.7 Å². The second-order valence-corrected chi connectivity index (χ2v) is 61.8. The number of halogens is 5. The van der Waals surface area contributed by atoms with Crippen molar-refractivity contribution in [3.63, 3.8) is 0 Å². The fourth-order valence-electron chi connectivity index (χ4n) is 12.4. The average Bonchev–Trinajstić information content (AvgIpc) is 3.87. The van der Waals surface area contributed by atoms with Crippen LogP contribution in [0.3, 0.4) is 0 Å². The maximum absolute atomic E-state index is 14.6. The molecule has 0 bridgehead atoms. The van der Waals surface area contributed by atoms with Gasteiger partial charge < -0.3 is 0 Å². The van der Waals surface area contributed by atoms with E-state index in [1.807, 2.05) is 0 Å². The molecule has 337 valence electrons. The molecule has 4 aromatic carbocycles. The first-order valence-corrected chi connectivity index (χ1v) is 40.7. The zero-order valence-electron chi connectivity index (χ0n) is 38.5. The number of fused-ring (bicyclic) bond motifs is 2. The third kappa shape index (κ3) is 9.67. The van der Waals surface area contributed by atoms with Gasteiger partial charge in [0.25, 0.3) is 0 Å². The van der Waals surface area contributed by atoms with E-state index in [4.69, 9.17) is 17.0 Å². The number of alkyl halides is 3. The van der Waals surface area contributed by atoms with Crippen molar-refractivity contribution in [2.45, 2.75) is 162 Å². The molecular formula is C56H70Cl2F3SiZr. The summed E-state index contributed by atoms with van der Waals surface area (Å²) in [7, 11) is 18.2. The van der Waals surface area contributed by atoms with Crippen LogP contribution in [0.5, 0.6) is 0 Å². The van der Waals surface area contributed by atoms with E-state index < -0.39 is 34.1 Å². The molecular weight excluding hydrogens is 920 g/mol. The van der Waals surface area contributed by atoms with Gasteiger partial charge in [0.1, 0.15) is 0 Å². The SMILES string of the molecule is CCC(C)c1ccc(-c2cccc3c2C=C(CC2CCCCC2)[CH]3[Zr]([Cl])([Cl])([CH]2C(CC3CCCCC3)=Cc3c(-c4ccc(C(C)CC)cc4)cccc32)[SiH](C)CCC(F)(F)F)cc1. The second-order valence-electron chi connectivity index (χ2n) is 20.5. The van der Waals surface area contributed by atoms with Crippen molar-refractivity contribution in [1.82, 2.24) is 0 Å². The van der Waals surface area contributed by atoms with Gasteiger partial charge in [0.2, 0.25) is 0 Å². The van der Waals surface area contributed by atoms with Crippen molar-refractivity contribution < 1.29 is 28.7 Å². The molecule has 0 nitrogen and oxygen atoms in total. The van der Waals surface area contributed by atoms with Gasteiger partial charge in [-0.1, -0.05) is 0 Å². The first-order chi connectivity index (χ1) is 30.2. The van der Waals surface area contributed by atoms with E-state index >= 15 is 0 Å². The Morgan fingerprint density at radius 1 is 0.603 bits per heavy atom. The molecule has 5 atom stereocenters. The van der Waals surface area contributed by atoms with Crippen molar-refractivity contribution in [2.75, 3.05) is 0 Å². The van der Waals surface area contributed by atoms with Crippen molar-refractivity contribution in [3.05, 3.63) is 129 Å². The Labute approximate surface area is 386 Å². The number of hydrogen-bond donors (Lipinski definition) is 0. The predicted molar refractivity (Wildman–Crippen MR) is 265 cm³/mol. The summed E-state index contributed by atoms with van der Waals surface area (Å²) in [5.74, 6) is -0.536. The number of benzene rings is 4. The molecule has 4 aliphatic rings. The minimum atomic E-state index is -5.69. The van der Waals surface area contributed by atoms with E-state index in [1.165, 1.54) is 131 Å². The molecule has 0 aliphatic heterocycles. The fourth-order valence-corrected chi connectivity index (χ4v) is 52.4. The molecule has 4 aromatic rings. The summed E-state index contributed by atoms with van der Waals surface area (Å²) in [4.78, 5) is 0. The summed E-state index contributed by atoms with van der Waals surface area (Å²) >= 11 is -5.69. The van der Waals surface area contributed by atoms with Crippen molar-refractivity contribution in [2.24, 2.45) is 11.8 Å². The van der Waals surface area contributed by atoms with Crippen LogP contribution in [0.4, 0.5) is 13.2 Å². The van der Waals surface area contributed by atoms with Crippen LogP contribution in [0.25, 0.3) is 34.4 Å². The molecule has 2 fully saturated rings. The van der Waals surface area contributed by atoms with Crippen LogP contribution in [-0.2, 0) is 15.6 Å². The van der Waals surface area contributed by atoms with Crippen molar-refractivity contribution in [3.8, 4) is 22.3 Å². The number of allylic oxidation sites excluding steroid dienone is 2. The standard InChI is InChI=1S/2C26H31.C4H8F3Si.2ClH.Zr/c2*1-3-19(2)22-12-14-23(15-13-22)25-11-7-10-24-17-21(18-26(24)25)16-20-8-5-4-6-9-20;1-8-3-2-4(5,6)7;;;/h2*7,10-15,17-20H,3-6,8-9,16H2,1-2H3;8H,2-3H2,1H3;2*1H;/q;;;;;+2/p-2. The predicted octanol–water partition coefficient (Wildman–Crippen LogP) is 18.9. The third-order valence-corrected chi connectivity index (χ3v) is 66.7. The zero-order chi connectivity index (χ0) is 44.5. The Morgan fingerprint density at radius 2 is 1.00 bits per heavy atom. The first kappa shape index (κ1) is 47.3. The van der Waals surface area contributed by atoms with E-state index in [9.17, 15) is 13.2 Å². The van der Waals surface area contributed by atoms with E-state index in [1.54, 1.807) is 0 Å². The van der Waals surface area contributed by atoms with Gasteiger partial charge >= 0.3 is 389 Å². The zero-order valence-corrected chi connectivity index (χ0v) is 43.6. The van der Waals surface area contributed by atoms with Crippen LogP contribution in [0.1, 0.15) is 176 Å². The van der Waals surface area contributed by atoms with Gasteiger partial charge in [0.15, 0.2) is 0 Å². The van der Waals surface area contributed by atoms with Crippen molar-refractivity contribution >= 4 is 35.1 Å². The number of rotatable bonds is 15. The van der Waals surface area contributed by atoms with Gasteiger partial charge in [-0.25, -0.2) is 0 Å². The van der Waals surface area contributed by atoms with Gasteiger partial charge in [-0.05, 0) is 0 Å². The Morgan fingerprint density at radius 3 is 1.37 bits per heavy atom. The molecule has 4 aliphatic carbocycles. The molecule has 0 aromatic heterocycles. The molecule has 0 spiro atoms. The van der Waals surface area contributed by atoms with Crippen LogP contribution < -0.4 is 0 Å². The van der Waals surface area contributed by atoms with Gasteiger partial charge in [-0.2, -0.15) is 0 Å². The molecule has 63 heavy (non-hydrogen) atoms. The minimum absolute atomic E-state index is 0.0698. The van der Waals surface area contributed by atoms with E-state index in [0.717, 1.165) is 25.7 Å². The molecule has 5 unspecified atom stereocenters. The fraction of sp³-hybridized carbons (Fsp3) is 0.500. The van der Waals surface area contributed by atoms with Crippen LogP contribution in [-0.4, -0.2) is 12.1 Å². The summed E-state index contributed by atoms with van der Waals surface area (Å²) < 4.78 is 43.2. The average molecular weight is 990 g/mol. The monoisotopic (exact) mass is 987 g/mol. The Hall–Kier alpha value is -2.17. The van der Waals surface area contributed by atoms with Gasteiger partial charge in [0.05, 0.1) is 0 Å². The van der Waals surface area contributed by atoms with Gasteiger partial charge in [-0.15, -0.1) is 0 Å². The molecule has 0 amide bonds. The second kappa shape index (κ2) is 19.6. The van der Waals surface area contributed by atoms with Crippen LogP contribution in [0, 0.1) is 11.8 Å². The Balaban J connectivity index is 1.34. The Bertz CT molecular complexity index is 2130. The summed E-state index contributed by atoms with van der Waals surface area (Å²) in [5, 5.41) is 0. The number of hydrogen-bond acceptors (Lipinski definition) is 0. The molecule has 0 N–H and O–H groups in total. The summed E-state index contributed by atoms with van der Waals surface area (Å²) in [6, 6.07) is 31.6. The molecule has 0 radical (unpaired) electrons.